The first kappa shape index (κ1) is 43.6. The highest BCUT2D eigenvalue weighted by molar-refractivity contribution is 7.86. The van der Waals surface area contributed by atoms with Crippen molar-refractivity contribution in [3.63, 3.8) is 0 Å². The molecule has 0 atom stereocenters. The Kier molecular flexibility index (Phi) is 12.3. The largest absolute Gasteiger partial charge is 0.424 e. The maximum Gasteiger partial charge on any atom is 0.328 e. The van der Waals surface area contributed by atoms with Crippen LogP contribution in [0.2, 0.25) is 10.6 Å². The molecule has 2 heterocycles. The number of hydrogen-bond acceptors (Lipinski definition) is 18. The Bertz CT molecular complexity index is 2920. The van der Waals surface area contributed by atoms with Gasteiger partial charge in [0.15, 0.2) is 0 Å². The van der Waals surface area contributed by atoms with Crippen molar-refractivity contribution in [2.24, 2.45) is 0 Å². The highest BCUT2D eigenvalue weighted by atomic mass is 35.5. The van der Waals surface area contributed by atoms with Crippen molar-refractivity contribution in [3.8, 4) is 23.5 Å². The van der Waals surface area contributed by atoms with E-state index in [0.29, 0.717) is 0 Å². The first-order chi connectivity index (χ1) is 28.0. The van der Waals surface area contributed by atoms with Gasteiger partial charge >= 0.3 is 12.0 Å². The van der Waals surface area contributed by atoms with Crippen molar-refractivity contribution >= 4 is 99.1 Å². The van der Waals surface area contributed by atoms with E-state index in [2.05, 4.69) is 40.5 Å². The molecular weight excluding hydrogens is 920 g/mol. The fourth-order valence-corrected chi connectivity index (χ4v) is 7.51. The van der Waals surface area contributed by atoms with Crippen LogP contribution in [-0.4, -0.2) is 81.8 Å². The van der Waals surface area contributed by atoms with E-state index in [9.17, 15) is 42.8 Å². The van der Waals surface area contributed by atoms with Gasteiger partial charge in [-0.1, -0.05) is 24.3 Å². The van der Waals surface area contributed by atoms with E-state index in [1.807, 2.05) is 0 Å². The van der Waals surface area contributed by atoms with E-state index in [1.54, 1.807) is 0 Å². The molecule has 0 amide bonds. The normalized spacial score (nSPS) is 12.3. The van der Waals surface area contributed by atoms with Gasteiger partial charge < -0.3 is 20.1 Å². The maximum atomic E-state index is 12.5. The Morgan fingerprint density at radius 3 is 1.13 bits per heavy atom. The van der Waals surface area contributed by atoms with Crippen LogP contribution in [0.25, 0.3) is 12.2 Å². The van der Waals surface area contributed by atoms with E-state index in [1.165, 1.54) is 48.5 Å². The molecule has 0 unspecified atom stereocenters. The van der Waals surface area contributed by atoms with Crippen LogP contribution in [0.1, 0.15) is 11.1 Å². The van der Waals surface area contributed by atoms with Crippen molar-refractivity contribution in [3.05, 3.63) is 107 Å². The summed E-state index contributed by atoms with van der Waals surface area (Å²) < 4.78 is 144. The van der Waals surface area contributed by atoms with Crippen molar-refractivity contribution in [2.75, 3.05) is 10.6 Å². The first-order valence-electron chi connectivity index (χ1n) is 15.8. The summed E-state index contributed by atoms with van der Waals surface area (Å²) in [6.07, 6.45) is 2.28. The Morgan fingerprint density at radius 1 is 0.467 bits per heavy atom. The summed E-state index contributed by atoms with van der Waals surface area (Å²) in [5.74, 6) is -0.424. The highest BCUT2D eigenvalue weighted by Crippen LogP contribution is 2.30. The predicted molar refractivity (Wildman–Crippen MR) is 210 cm³/mol. The molecule has 0 saturated heterocycles. The van der Waals surface area contributed by atoms with Gasteiger partial charge in [-0.15, -0.1) is 0 Å². The second-order valence-electron chi connectivity index (χ2n) is 11.6. The summed E-state index contributed by atoms with van der Waals surface area (Å²) in [4.78, 5) is 21.3. The third-order valence-electron chi connectivity index (χ3n) is 7.37. The molecular formula is C32H22Cl2N8O14S4. The molecule has 0 bridgehead atoms. The molecule has 0 radical (unpaired) electrons. The molecule has 60 heavy (non-hydrogen) atoms. The highest BCUT2D eigenvalue weighted by Gasteiger charge is 2.20. The number of aromatic nitrogens is 6. The second-order valence-corrected chi connectivity index (χ2v) is 17.9. The number of ether oxygens (including phenoxy) is 2. The minimum absolute atomic E-state index is 0.00148. The molecule has 6 aromatic rings. The molecule has 0 aliphatic rings. The molecule has 22 nitrogen and oxygen atoms in total. The van der Waals surface area contributed by atoms with E-state index >= 15 is 0 Å². The Hall–Kier alpha value is -5.94. The minimum atomic E-state index is -4.95. The molecule has 6 rings (SSSR count). The average Bonchev–Trinajstić information content (AvgIpc) is 3.13. The minimum Gasteiger partial charge on any atom is -0.424 e. The molecule has 0 fully saturated rings. The topological polar surface area (TPSA) is 337 Å². The summed E-state index contributed by atoms with van der Waals surface area (Å²) in [5.41, 5.74) is -0.279. The SMILES string of the molecule is O=S(=O)(O)c1ccc(Oc2nc(Cl)nc(Nc3ccc(C=Cc4ccc(Nc5nc(Cl)nc(Oc6ccc(S(=O)(=O)O)cc6)n5)cc4S(=O)(=O)O)c(S(=O)(=O)O)c3)n2)cc1. The summed E-state index contributed by atoms with van der Waals surface area (Å²) in [7, 11) is -18.8. The number of hydrogen-bond donors (Lipinski definition) is 6. The number of halogens is 2. The fourth-order valence-electron chi connectivity index (χ4n) is 4.82. The van der Waals surface area contributed by atoms with Crippen molar-refractivity contribution < 1.29 is 61.4 Å². The van der Waals surface area contributed by atoms with Gasteiger partial charge in [0.1, 0.15) is 21.3 Å². The predicted octanol–water partition coefficient (Wildman–Crippen LogP) is 5.59. The van der Waals surface area contributed by atoms with Crippen molar-refractivity contribution in [1.82, 2.24) is 29.9 Å². The van der Waals surface area contributed by atoms with E-state index < -0.39 is 60.1 Å². The van der Waals surface area contributed by atoms with Crippen LogP contribution in [0.15, 0.2) is 105 Å². The molecule has 312 valence electrons. The van der Waals surface area contributed by atoms with Crippen LogP contribution in [0, 0.1) is 0 Å². The Balaban J connectivity index is 1.22. The maximum absolute atomic E-state index is 12.5. The molecule has 4 aromatic carbocycles. The Morgan fingerprint density at radius 2 is 0.817 bits per heavy atom. The molecule has 0 aliphatic carbocycles. The van der Waals surface area contributed by atoms with Crippen LogP contribution < -0.4 is 20.1 Å². The lowest BCUT2D eigenvalue weighted by molar-refractivity contribution is 0.439. The molecule has 2 aromatic heterocycles. The van der Waals surface area contributed by atoms with Gasteiger partial charge in [-0.2, -0.15) is 63.6 Å². The number of anilines is 4. The molecule has 28 heteroatoms. The average molecular weight is 942 g/mol. The van der Waals surface area contributed by atoms with Crippen LogP contribution in [0.4, 0.5) is 23.3 Å². The van der Waals surface area contributed by atoms with E-state index in [0.717, 1.165) is 48.6 Å². The quantitative estimate of drug-likeness (QED) is 0.0572. The monoisotopic (exact) mass is 940 g/mol. The number of benzene rings is 4. The van der Waals surface area contributed by atoms with E-state index in [-0.39, 0.29) is 68.5 Å². The van der Waals surface area contributed by atoms with Crippen molar-refractivity contribution in [2.45, 2.75) is 19.6 Å². The summed E-state index contributed by atoms with van der Waals surface area (Å²) in [6.45, 7) is 0. The van der Waals surface area contributed by atoms with Gasteiger partial charge in [-0.05, 0) is 107 Å². The molecule has 6 N–H and O–H groups in total. The van der Waals surface area contributed by atoms with Gasteiger partial charge in [-0.25, -0.2) is 0 Å². The summed E-state index contributed by atoms with van der Waals surface area (Å²) in [5, 5.41) is 4.61. The van der Waals surface area contributed by atoms with Crippen LogP contribution >= 0.6 is 23.2 Å². The molecule has 0 spiro atoms. The number of nitrogens with zero attached hydrogens (tertiary/aromatic N) is 6. The third kappa shape index (κ3) is 11.4. The summed E-state index contributed by atoms with van der Waals surface area (Å²) >= 11 is 12.0. The van der Waals surface area contributed by atoms with Crippen LogP contribution in [-0.2, 0) is 40.5 Å². The molecule has 0 aliphatic heterocycles. The lowest BCUT2D eigenvalue weighted by Gasteiger charge is -2.11. The fraction of sp³-hybridized carbons (Fsp3) is 0. The van der Waals surface area contributed by atoms with Gasteiger partial charge in [0.25, 0.3) is 40.5 Å². The van der Waals surface area contributed by atoms with E-state index in [4.69, 9.17) is 41.8 Å². The Labute approximate surface area is 349 Å². The van der Waals surface area contributed by atoms with Gasteiger partial charge in [0.05, 0.1) is 9.79 Å². The van der Waals surface area contributed by atoms with Gasteiger partial charge in [0, 0.05) is 11.4 Å². The standard InChI is InChI=1S/C32H22Cl2N8O14S4/c33-27-37-29(41-31(39-27)55-21-7-11-23(12-8-21)57(43,44)45)35-19-5-3-17(25(15-19)59(49,50)51)1-2-18-4-6-20(16-26(18)60(52,53)54)36-30-38-28(34)40-32(42-30)56-22-9-13-24(14-10-22)58(46,47)48/h1-16H,(H,43,44,45)(H,46,47,48)(H,49,50,51)(H,52,53,54)(H,35,37,39,41)(H,36,38,40,42). The smallest absolute Gasteiger partial charge is 0.328 e. The first-order valence-corrected chi connectivity index (χ1v) is 22.3. The summed E-state index contributed by atoms with van der Waals surface area (Å²) in [6, 6.07) is 15.4. The molecule has 0 saturated carbocycles. The van der Waals surface area contributed by atoms with Crippen LogP contribution in [0.5, 0.6) is 23.5 Å². The third-order valence-corrected chi connectivity index (χ3v) is 11.3. The zero-order valence-electron chi connectivity index (χ0n) is 29.2. The second kappa shape index (κ2) is 17.0. The zero-order chi connectivity index (χ0) is 43.6. The lowest BCUT2D eigenvalue weighted by atomic mass is 10.1. The van der Waals surface area contributed by atoms with Crippen molar-refractivity contribution in [1.29, 1.82) is 0 Å². The zero-order valence-corrected chi connectivity index (χ0v) is 34.0. The van der Waals surface area contributed by atoms with Crippen LogP contribution in [0.3, 0.4) is 0 Å². The lowest BCUT2D eigenvalue weighted by Crippen LogP contribution is -2.05. The number of rotatable bonds is 14. The number of nitrogens with one attached hydrogen (secondary N) is 2. The van der Waals surface area contributed by atoms with Gasteiger partial charge in [0.2, 0.25) is 22.5 Å². The van der Waals surface area contributed by atoms with Gasteiger partial charge in [-0.3, -0.25) is 18.2 Å².